The summed E-state index contributed by atoms with van der Waals surface area (Å²) in [6.07, 6.45) is 1.04. The van der Waals surface area contributed by atoms with E-state index in [0.717, 1.165) is 6.42 Å². The van der Waals surface area contributed by atoms with Gasteiger partial charge in [0, 0.05) is 6.54 Å². The lowest BCUT2D eigenvalue weighted by molar-refractivity contribution is -0.123. The molecule has 0 atom stereocenters. The maximum absolute atomic E-state index is 12.3. The molecule has 25 heavy (non-hydrogen) atoms. The smallest absolute Gasteiger partial charge is 0.240 e. The third kappa shape index (κ3) is 4.18. The Labute approximate surface area is 147 Å². The number of benzene rings is 2. The average molecular weight is 338 g/mol. The van der Waals surface area contributed by atoms with Gasteiger partial charge in [0.25, 0.3) is 0 Å². The molecule has 5 heteroatoms. The van der Waals surface area contributed by atoms with Crippen molar-refractivity contribution in [1.82, 2.24) is 5.32 Å². The Hall–Kier alpha value is -2.82. The van der Waals surface area contributed by atoms with Crippen molar-refractivity contribution in [1.29, 1.82) is 0 Å². The van der Waals surface area contributed by atoms with E-state index in [2.05, 4.69) is 24.4 Å². The van der Waals surface area contributed by atoms with Gasteiger partial charge in [-0.25, -0.2) is 0 Å². The summed E-state index contributed by atoms with van der Waals surface area (Å²) in [6.45, 7) is 2.95. The van der Waals surface area contributed by atoms with Crippen LogP contribution < -0.4 is 15.0 Å². The number of para-hydroxylation sites is 2. The summed E-state index contributed by atoms with van der Waals surface area (Å²) in [5, 5.41) is 2.90. The molecule has 0 aromatic heterocycles. The molecule has 2 aromatic rings. The zero-order valence-corrected chi connectivity index (χ0v) is 14.3. The van der Waals surface area contributed by atoms with Crippen molar-refractivity contribution in [3.05, 3.63) is 59.7 Å². The SMILES string of the molecule is Cc1ccccc1CCNC(=O)CN1C(=O)CCOc2ccccc21. The van der Waals surface area contributed by atoms with Crippen LogP contribution in [0.4, 0.5) is 5.69 Å². The second-order valence-electron chi connectivity index (χ2n) is 6.07. The van der Waals surface area contributed by atoms with Gasteiger partial charge in [0.1, 0.15) is 12.3 Å². The molecule has 5 nitrogen and oxygen atoms in total. The Morgan fingerprint density at radius 2 is 1.92 bits per heavy atom. The molecule has 0 radical (unpaired) electrons. The number of rotatable bonds is 5. The van der Waals surface area contributed by atoms with E-state index < -0.39 is 0 Å². The molecular formula is C20H22N2O3. The first-order valence-corrected chi connectivity index (χ1v) is 8.48. The number of nitrogens with zero attached hydrogens (tertiary/aromatic N) is 1. The van der Waals surface area contributed by atoms with Crippen LogP contribution in [-0.2, 0) is 16.0 Å². The van der Waals surface area contributed by atoms with Crippen LogP contribution in [0.25, 0.3) is 0 Å². The molecule has 1 heterocycles. The predicted octanol–water partition coefficient (Wildman–Crippen LogP) is 2.47. The van der Waals surface area contributed by atoms with Gasteiger partial charge in [0.05, 0.1) is 18.7 Å². The normalized spacial score (nSPS) is 13.6. The van der Waals surface area contributed by atoms with Crippen molar-refractivity contribution < 1.29 is 14.3 Å². The van der Waals surface area contributed by atoms with E-state index in [1.807, 2.05) is 30.3 Å². The fourth-order valence-electron chi connectivity index (χ4n) is 2.92. The number of fused-ring (bicyclic) bond motifs is 1. The molecule has 1 N–H and O–H groups in total. The molecule has 2 amide bonds. The first-order chi connectivity index (χ1) is 12.1. The minimum Gasteiger partial charge on any atom is -0.491 e. The van der Waals surface area contributed by atoms with E-state index in [4.69, 9.17) is 4.74 Å². The van der Waals surface area contributed by atoms with Gasteiger partial charge in [-0.2, -0.15) is 0 Å². The second kappa shape index (κ2) is 7.83. The summed E-state index contributed by atoms with van der Waals surface area (Å²) >= 11 is 0. The van der Waals surface area contributed by atoms with E-state index in [1.165, 1.54) is 16.0 Å². The quantitative estimate of drug-likeness (QED) is 0.911. The summed E-state index contributed by atoms with van der Waals surface area (Å²) in [7, 11) is 0. The van der Waals surface area contributed by atoms with Crippen LogP contribution in [0.2, 0.25) is 0 Å². The van der Waals surface area contributed by atoms with E-state index in [1.54, 1.807) is 6.07 Å². The maximum Gasteiger partial charge on any atom is 0.240 e. The zero-order valence-electron chi connectivity index (χ0n) is 14.3. The van der Waals surface area contributed by atoms with E-state index in [9.17, 15) is 9.59 Å². The number of hydrogen-bond acceptors (Lipinski definition) is 3. The molecule has 0 fully saturated rings. The van der Waals surface area contributed by atoms with Gasteiger partial charge >= 0.3 is 0 Å². The van der Waals surface area contributed by atoms with Gasteiger partial charge in [-0.05, 0) is 36.6 Å². The van der Waals surface area contributed by atoms with Crippen molar-refractivity contribution >= 4 is 17.5 Å². The highest BCUT2D eigenvalue weighted by Gasteiger charge is 2.24. The standard InChI is InChI=1S/C20H22N2O3/c1-15-6-2-3-7-16(15)10-12-21-19(23)14-22-17-8-4-5-9-18(17)25-13-11-20(22)24/h2-9H,10-14H2,1H3,(H,21,23). The molecule has 3 rings (SSSR count). The molecular weight excluding hydrogens is 316 g/mol. The number of anilines is 1. The van der Waals surface area contributed by atoms with Crippen LogP contribution in [0.5, 0.6) is 5.75 Å². The number of nitrogens with one attached hydrogen (secondary N) is 1. The van der Waals surface area contributed by atoms with Crippen LogP contribution in [0.3, 0.4) is 0 Å². The molecule has 0 bridgehead atoms. The molecule has 0 spiro atoms. The number of hydrogen-bond donors (Lipinski definition) is 1. The third-order valence-corrected chi connectivity index (χ3v) is 4.31. The van der Waals surface area contributed by atoms with Gasteiger partial charge < -0.3 is 10.1 Å². The summed E-state index contributed by atoms with van der Waals surface area (Å²) in [4.78, 5) is 26.1. The monoisotopic (exact) mass is 338 g/mol. The van der Waals surface area contributed by atoms with Crippen molar-refractivity contribution in [2.75, 3.05) is 24.6 Å². The Balaban J connectivity index is 1.60. The zero-order chi connectivity index (χ0) is 17.6. The minimum absolute atomic E-state index is 0.00692. The lowest BCUT2D eigenvalue weighted by Gasteiger charge is -2.21. The number of carbonyl (C=O) groups excluding carboxylic acids is 2. The van der Waals surface area contributed by atoms with Crippen LogP contribution in [0.15, 0.2) is 48.5 Å². The van der Waals surface area contributed by atoms with Crippen molar-refractivity contribution in [3.8, 4) is 5.75 Å². The number of carbonyl (C=O) groups is 2. The summed E-state index contributed by atoms with van der Waals surface area (Å²) < 4.78 is 5.59. The number of amides is 2. The first kappa shape index (κ1) is 17.0. The largest absolute Gasteiger partial charge is 0.491 e. The van der Waals surface area contributed by atoms with Gasteiger partial charge in [-0.1, -0.05) is 36.4 Å². The van der Waals surface area contributed by atoms with Crippen LogP contribution >= 0.6 is 0 Å². The number of ether oxygens (including phenoxy) is 1. The van der Waals surface area contributed by atoms with Gasteiger partial charge in [-0.15, -0.1) is 0 Å². The molecule has 130 valence electrons. The van der Waals surface area contributed by atoms with Crippen molar-refractivity contribution in [3.63, 3.8) is 0 Å². The summed E-state index contributed by atoms with van der Waals surface area (Å²) in [5.74, 6) is 0.374. The van der Waals surface area contributed by atoms with Crippen LogP contribution in [-0.4, -0.2) is 31.5 Å². The predicted molar refractivity (Wildman–Crippen MR) is 96.8 cm³/mol. The number of aryl methyl sites for hydroxylation is 1. The van der Waals surface area contributed by atoms with Gasteiger partial charge in [0.2, 0.25) is 11.8 Å². The molecule has 1 aliphatic rings. The highest BCUT2D eigenvalue weighted by molar-refractivity contribution is 6.00. The van der Waals surface area contributed by atoms with Crippen molar-refractivity contribution in [2.45, 2.75) is 19.8 Å². The highest BCUT2D eigenvalue weighted by Crippen LogP contribution is 2.30. The van der Waals surface area contributed by atoms with Gasteiger partial charge in [0.15, 0.2) is 0 Å². The molecule has 0 unspecified atom stereocenters. The maximum atomic E-state index is 12.3. The lowest BCUT2D eigenvalue weighted by Crippen LogP contribution is -2.41. The Morgan fingerprint density at radius 1 is 1.16 bits per heavy atom. The minimum atomic E-state index is -0.168. The topological polar surface area (TPSA) is 58.6 Å². The van der Waals surface area contributed by atoms with E-state index >= 15 is 0 Å². The van der Waals surface area contributed by atoms with E-state index in [-0.39, 0.29) is 24.8 Å². The fourth-order valence-corrected chi connectivity index (χ4v) is 2.92. The summed E-state index contributed by atoms with van der Waals surface area (Å²) in [6, 6.07) is 15.4. The Bertz CT molecular complexity index is 773. The molecule has 2 aromatic carbocycles. The van der Waals surface area contributed by atoms with Crippen LogP contribution in [0, 0.1) is 6.92 Å². The third-order valence-electron chi connectivity index (χ3n) is 4.31. The fraction of sp³-hybridized carbons (Fsp3) is 0.300. The van der Waals surface area contributed by atoms with E-state index in [0.29, 0.717) is 24.6 Å². The Morgan fingerprint density at radius 3 is 2.76 bits per heavy atom. The second-order valence-corrected chi connectivity index (χ2v) is 6.07. The van der Waals surface area contributed by atoms with Crippen LogP contribution in [0.1, 0.15) is 17.5 Å². The average Bonchev–Trinajstić information content (AvgIpc) is 2.76. The summed E-state index contributed by atoms with van der Waals surface area (Å²) in [5.41, 5.74) is 3.08. The molecule has 0 saturated heterocycles. The lowest BCUT2D eigenvalue weighted by atomic mass is 10.1. The Kier molecular flexibility index (Phi) is 5.33. The first-order valence-electron chi connectivity index (χ1n) is 8.48. The molecule has 0 saturated carbocycles. The highest BCUT2D eigenvalue weighted by atomic mass is 16.5. The van der Waals surface area contributed by atoms with Crippen molar-refractivity contribution in [2.24, 2.45) is 0 Å². The molecule has 1 aliphatic heterocycles. The molecule has 0 aliphatic carbocycles. The van der Waals surface area contributed by atoms with Gasteiger partial charge in [-0.3, -0.25) is 14.5 Å².